The summed E-state index contributed by atoms with van der Waals surface area (Å²) in [5, 5.41) is 11.8. The zero-order valence-electron chi connectivity index (χ0n) is 18.1. The van der Waals surface area contributed by atoms with Crippen LogP contribution in [-0.4, -0.2) is 35.1 Å². The van der Waals surface area contributed by atoms with Gasteiger partial charge < -0.3 is 19.3 Å². The quantitative estimate of drug-likeness (QED) is 0.494. The number of carbonyl (C=O) groups excluding carboxylic acids is 1. The minimum absolute atomic E-state index is 0.115. The van der Waals surface area contributed by atoms with E-state index in [1.807, 2.05) is 12.1 Å². The fraction of sp³-hybridized carbons (Fsp3) is 0.217. The van der Waals surface area contributed by atoms with Gasteiger partial charge >= 0.3 is 0 Å². The molecule has 1 amide bonds. The Bertz CT molecular complexity index is 1340. The molecular formula is C23H22N4O5. The third kappa shape index (κ3) is 3.80. The van der Waals surface area contributed by atoms with Gasteiger partial charge in [-0.05, 0) is 50.2 Å². The smallest absolute Gasteiger partial charge is 0.297 e. The molecule has 2 heterocycles. The Morgan fingerprint density at radius 3 is 2.50 bits per heavy atom. The molecule has 0 bridgehead atoms. The number of nitrogens with one attached hydrogen (secondary N) is 1. The Balaban J connectivity index is 1.77. The average molecular weight is 434 g/mol. The molecule has 0 unspecified atom stereocenters. The van der Waals surface area contributed by atoms with Gasteiger partial charge in [-0.1, -0.05) is 11.2 Å². The van der Waals surface area contributed by atoms with E-state index in [4.69, 9.17) is 14.0 Å². The summed E-state index contributed by atoms with van der Waals surface area (Å²) >= 11 is 0. The lowest BCUT2D eigenvalue weighted by Gasteiger charge is -2.16. The van der Waals surface area contributed by atoms with Crippen LogP contribution in [0.25, 0.3) is 22.2 Å². The summed E-state index contributed by atoms with van der Waals surface area (Å²) in [7, 11) is 3.13. The molecule has 0 spiro atoms. The zero-order chi connectivity index (χ0) is 22.8. The normalized spacial score (nSPS) is 11.9. The number of aromatic nitrogens is 3. The van der Waals surface area contributed by atoms with Gasteiger partial charge in [0.1, 0.15) is 29.0 Å². The third-order valence-corrected chi connectivity index (χ3v) is 5.16. The zero-order valence-corrected chi connectivity index (χ0v) is 18.1. The molecule has 0 aliphatic heterocycles. The number of hydrogen-bond acceptors (Lipinski definition) is 7. The summed E-state index contributed by atoms with van der Waals surface area (Å²) in [5.74, 6) is 1.35. The van der Waals surface area contributed by atoms with Crippen LogP contribution in [0.1, 0.15) is 18.7 Å². The van der Waals surface area contributed by atoms with Crippen molar-refractivity contribution in [2.75, 3.05) is 19.5 Å². The summed E-state index contributed by atoms with van der Waals surface area (Å²) in [6, 6.07) is 13.3. The van der Waals surface area contributed by atoms with Crippen LogP contribution < -0.4 is 20.3 Å². The van der Waals surface area contributed by atoms with Gasteiger partial charge in [0, 0.05) is 17.3 Å². The number of methoxy groups -OCH3 is 2. The molecular weight excluding hydrogens is 412 g/mol. The van der Waals surface area contributed by atoms with Crippen molar-refractivity contribution in [3.8, 4) is 22.8 Å². The van der Waals surface area contributed by atoms with Crippen LogP contribution in [0.3, 0.4) is 0 Å². The highest BCUT2D eigenvalue weighted by Crippen LogP contribution is 2.29. The molecule has 32 heavy (non-hydrogen) atoms. The van der Waals surface area contributed by atoms with Gasteiger partial charge in [0.05, 0.1) is 19.6 Å². The predicted molar refractivity (Wildman–Crippen MR) is 119 cm³/mol. The molecule has 9 nitrogen and oxygen atoms in total. The predicted octanol–water partition coefficient (Wildman–Crippen LogP) is 3.58. The molecule has 0 saturated heterocycles. The number of ether oxygens (including phenoxy) is 2. The highest BCUT2D eigenvalue weighted by atomic mass is 16.5. The number of aryl methyl sites for hydroxylation is 1. The molecule has 2 aromatic carbocycles. The summed E-state index contributed by atoms with van der Waals surface area (Å²) < 4.78 is 16.8. The summed E-state index contributed by atoms with van der Waals surface area (Å²) in [4.78, 5) is 26.0. The van der Waals surface area contributed by atoms with Crippen molar-refractivity contribution in [2.24, 2.45) is 0 Å². The van der Waals surface area contributed by atoms with E-state index in [-0.39, 0.29) is 5.52 Å². The van der Waals surface area contributed by atoms with Crippen molar-refractivity contribution in [1.82, 2.24) is 14.9 Å². The molecule has 1 atom stereocenters. The van der Waals surface area contributed by atoms with Crippen LogP contribution in [0, 0.1) is 6.92 Å². The molecule has 1 N–H and O–H groups in total. The number of benzene rings is 2. The lowest BCUT2D eigenvalue weighted by atomic mass is 10.1. The number of anilines is 1. The number of nitrogens with zero attached hydrogens (tertiary/aromatic N) is 3. The second kappa shape index (κ2) is 8.54. The van der Waals surface area contributed by atoms with Crippen molar-refractivity contribution in [3.63, 3.8) is 0 Å². The van der Waals surface area contributed by atoms with Gasteiger partial charge in [0.15, 0.2) is 5.52 Å². The monoisotopic (exact) mass is 434 g/mol. The molecule has 0 aliphatic carbocycles. The van der Waals surface area contributed by atoms with Gasteiger partial charge in [0.25, 0.3) is 5.56 Å². The number of rotatable bonds is 6. The van der Waals surface area contributed by atoms with Crippen LogP contribution in [-0.2, 0) is 4.79 Å². The molecule has 9 heteroatoms. The van der Waals surface area contributed by atoms with Crippen molar-refractivity contribution in [3.05, 3.63) is 64.6 Å². The molecule has 4 rings (SSSR count). The Hall–Kier alpha value is -4.14. The van der Waals surface area contributed by atoms with Crippen LogP contribution in [0.5, 0.6) is 11.5 Å². The molecule has 164 valence electrons. The maximum absolute atomic E-state index is 13.1. The first kappa shape index (κ1) is 21.1. The topological polar surface area (TPSA) is 108 Å². The Morgan fingerprint density at radius 1 is 1.09 bits per heavy atom. The third-order valence-electron chi connectivity index (χ3n) is 5.16. The number of amides is 1. The minimum atomic E-state index is -0.910. The molecule has 4 aromatic rings. The van der Waals surface area contributed by atoms with Gasteiger partial charge in [0.2, 0.25) is 5.91 Å². The first-order valence-electron chi connectivity index (χ1n) is 9.91. The van der Waals surface area contributed by atoms with Gasteiger partial charge in [-0.15, -0.1) is 0 Å². The molecule has 0 saturated carbocycles. The fourth-order valence-electron chi connectivity index (χ4n) is 3.38. The maximum atomic E-state index is 13.1. The van der Waals surface area contributed by atoms with Crippen molar-refractivity contribution < 1.29 is 18.8 Å². The van der Waals surface area contributed by atoms with Crippen molar-refractivity contribution in [2.45, 2.75) is 19.9 Å². The van der Waals surface area contributed by atoms with E-state index in [1.165, 1.54) is 0 Å². The Morgan fingerprint density at radius 2 is 1.81 bits per heavy atom. The van der Waals surface area contributed by atoms with Crippen LogP contribution >= 0.6 is 0 Å². The molecule has 0 aliphatic rings. The number of hydrogen-bond donors (Lipinski definition) is 1. The Labute approximate surface area is 183 Å². The van der Waals surface area contributed by atoms with Gasteiger partial charge in [-0.3, -0.25) is 9.59 Å². The van der Waals surface area contributed by atoms with Gasteiger partial charge in [-0.2, -0.15) is 5.10 Å². The van der Waals surface area contributed by atoms with E-state index in [9.17, 15) is 9.59 Å². The van der Waals surface area contributed by atoms with Crippen LogP contribution in [0.4, 0.5) is 5.69 Å². The van der Waals surface area contributed by atoms with Gasteiger partial charge in [-0.25, -0.2) is 4.68 Å². The minimum Gasteiger partial charge on any atom is -0.497 e. The van der Waals surface area contributed by atoms with E-state index in [1.54, 1.807) is 64.5 Å². The first-order valence-corrected chi connectivity index (χ1v) is 9.91. The molecule has 0 fully saturated rings. The largest absolute Gasteiger partial charge is 0.497 e. The summed E-state index contributed by atoms with van der Waals surface area (Å²) in [6.45, 7) is 3.31. The fourth-order valence-corrected chi connectivity index (χ4v) is 3.38. The van der Waals surface area contributed by atoms with E-state index in [0.717, 1.165) is 10.2 Å². The highest BCUT2D eigenvalue weighted by molar-refractivity contribution is 5.95. The average Bonchev–Trinajstić information content (AvgIpc) is 3.21. The standard InChI is InChI=1S/C23H22N4O5/c1-13(22(28)24-16-6-5-7-18(12-16)31-4)27-23(29)21-19(14(2)32-26-21)20(25-27)15-8-10-17(30-3)11-9-15/h5-13H,1-4H3,(H,24,28)/t13-/m1/s1. The first-order chi connectivity index (χ1) is 15.4. The maximum Gasteiger partial charge on any atom is 0.297 e. The highest BCUT2D eigenvalue weighted by Gasteiger charge is 2.24. The summed E-state index contributed by atoms with van der Waals surface area (Å²) in [5.41, 5.74) is 1.37. The van der Waals surface area contributed by atoms with Crippen LogP contribution in [0.2, 0.25) is 0 Å². The second-order valence-corrected chi connectivity index (χ2v) is 7.19. The van der Waals surface area contributed by atoms with E-state index < -0.39 is 17.5 Å². The Kier molecular flexibility index (Phi) is 5.63. The van der Waals surface area contributed by atoms with E-state index >= 15 is 0 Å². The number of fused-ring (bicyclic) bond motifs is 1. The SMILES string of the molecule is COc1ccc(-c2nn([C@H](C)C(=O)Nc3cccc(OC)c3)c(=O)c3noc(C)c23)cc1. The number of carbonyl (C=O) groups is 1. The van der Waals surface area contributed by atoms with Crippen molar-refractivity contribution in [1.29, 1.82) is 0 Å². The molecule has 0 radical (unpaired) electrons. The van der Waals surface area contributed by atoms with E-state index in [0.29, 0.717) is 34.0 Å². The lowest BCUT2D eigenvalue weighted by molar-refractivity contribution is -0.119. The lowest BCUT2D eigenvalue weighted by Crippen LogP contribution is -2.34. The second-order valence-electron chi connectivity index (χ2n) is 7.19. The van der Waals surface area contributed by atoms with Crippen molar-refractivity contribution >= 4 is 22.5 Å². The molecule has 2 aromatic heterocycles. The summed E-state index contributed by atoms with van der Waals surface area (Å²) in [6.07, 6.45) is 0. The van der Waals surface area contributed by atoms with Crippen LogP contribution in [0.15, 0.2) is 57.8 Å². The van der Waals surface area contributed by atoms with E-state index in [2.05, 4.69) is 15.6 Å².